The lowest BCUT2D eigenvalue weighted by molar-refractivity contribution is -0.122. The Balaban J connectivity index is 1.38. The molecule has 2 aromatic rings. The summed E-state index contributed by atoms with van der Waals surface area (Å²) in [7, 11) is 0. The van der Waals surface area contributed by atoms with Gasteiger partial charge in [0, 0.05) is 44.2 Å². The van der Waals surface area contributed by atoms with Gasteiger partial charge in [-0.15, -0.1) is 10.2 Å². The average Bonchev–Trinajstić information content (AvgIpc) is 3.22. The van der Waals surface area contributed by atoms with E-state index in [2.05, 4.69) is 32.2 Å². The standard InChI is InChI=1S/C18H22N4O2/c23-18(14-7-10-24-11-8-14)19-15-5-3-13(4-6-15)12-17-21-20-16-2-1-9-22(16)17/h3-6,14H,1-2,7-12H2,(H,19,23). The van der Waals surface area contributed by atoms with E-state index >= 15 is 0 Å². The van der Waals surface area contributed by atoms with Crippen LogP contribution in [-0.4, -0.2) is 33.9 Å². The van der Waals surface area contributed by atoms with E-state index in [-0.39, 0.29) is 11.8 Å². The summed E-state index contributed by atoms with van der Waals surface area (Å²) in [5, 5.41) is 11.6. The van der Waals surface area contributed by atoms with Crippen molar-refractivity contribution >= 4 is 11.6 Å². The summed E-state index contributed by atoms with van der Waals surface area (Å²) >= 11 is 0. The molecule has 4 rings (SSSR count). The third-order valence-electron chi connectivity index (χ3n) is 4.86. The van der Waals surface area contributed by atoms with Crippen LogP contribution in [0.1, 0.15) is 36.5 Å². The van der Waals surface area contributed by atoms with Gasteiger partial charge in [0.05, 0.1) is 0 Å². The van der Waals surface area contributed by atoms with Gasteiger partial charge in [-0.05, 0) is 37.0 Å². The van der Waals surface area contributed by atoms with Gasteiger partial charge < -0.3 is 14.6 Å². The second-order valence-corrected chi connectivity index (χ2v) is 6.54. The van der Waals surface area contributed by atoms with Gasteiger partial charge in [-0.1, -0.05) is 12.1 Å². The molecule has 0 aliphatic carbocycles. The van der Waals surface area contributed by atoms with Gasteiger partial charge in [0.1, 0.15) is 11.6 Å². The predicted octanol–water partition coefficient (Wildman–Crippen LogP) is 2.18. The number of carbonyl (C=O) groups excluding carboxylic acids is 1. The third kappa shape index (κ3) is 3.19. The molecule has 2 aliphatic heterocycles. The number of hydrogen-bond donors (Lipinski definition) is 1. The Kier molecular flexibility index (Phi) is 4.30. The van der Waals surface area contributed by atoms with Crippen molar-refractivity contribution < 1.29 is 9.53 Å². The maximum atomic E-state index is 12.2. The molecule has 0 spiro atoms. The summed E-state index contributed by atoms with van der Waals surface area (Å²) in [4.78, 5) is 12.2. The molecule has 126 valence electrons. The molecule has 1 amide bonds. The molecule has 3 heterocycles. The average molecular weight is 326 g/mol. The molecule has 1 N–H and O–H groups in total. The van der Waals surface area contributed by atoms with Gasteiger partial charge in [0.2, 0.25) is 5.91 Å². The minimum atomic E-state index is 0.0667. The Morgan fingerprint density at radius 2 is 2.00 bits per heavy atom. The van der Waals surface area contributed by atoms with Crippen molar-refractivity contribution in [2.24, 2.45) is 5.92 Å². The Labute approximate surface area is 141 Å². The highest BCUT2D eigenvalue weighted by Gasteiger charge is 2.21. The summed E-state index contributed by atoms with van der Waals surface area (Å²) in [5.41, 5.74) is 2.03. The second-order valence-electron chi connectivity index (χ2n) is 6.54. The zero-order valence-corrected chi connectivity index (χ0v) is 13.7. The molecule has 1 aromatic carbocycles. The lowest BCUT2D eigenvalue weighted by atomic mass is 9.99. The van der Waals surface area contributed by atoms with Crippen LogP contribution in [0.15, 0.2) is 24.3 Å². The topological polar surface area (TPSA) is 69.0 Å². The summed E-state index contributed by atoms with van der Waals surface area (Å²) in [6.07, 6.45) is 4.59. The van der Waals surface area contributed by atoms with Crippen LogP contribution in [0, 0.1) is 5.92 Å². The number of hydrogen-bond acceptors (Lipinski definition) is 4. The number of nitrogens with one attached hydrogen (secondary N) is 1. The number of nitrogens with zero attached hydrogens (tertiary/aromatic N) is 3. The number of carbonyl (C=O) groups is 1. The molecule has 24 heavy (non-hydrogen) atoms. The molecule has 0 bridgehead atoms. The summed E-state index contributed by atoms with van der Waals surface area (Å²) in [6, 6.07) is 8.04. The quantitative estimate of drug-likeness (QED) is 0.935. The number of fused-ring (bicyclic) bond motifs is 1. The van der Waals surface area contributed by atoms with Gasteiger partial charge in [-0.25, -0.2) is 0 Å². The van der Waals surface area contributed by atoms with Crippen LogP contribution in [-0.2, 0) is 28.9 Å². The highest BCUT2D eigenvalue weighted by atomic mass is 16.5. The first-order valence-corrected chi connectivity index (χ1v) is 8.68. The molecular formula is C18H22N4O2. The lowest BCUT2D eigenvalue weighted by Gasteiger charge is -2.21. The Morgan fingerprint density at radius 3 is 2.79 bits per heavy atom. The van der Waals surface area contributed by atoms with Crippen molar-refractivity contribution in [1.82, 2.24) is 14.8 Å². The number of amides is 1. The van der Waals surface area contributed by atoms with Crippen LogP contribution in [0.3, 0.4) is 0 Å². The zero-order valence-electron chi connectivity index (χ0n) is 13.7. The van der Waals surface area contributed by atoms with Crippen LogP contribution < -0.4 is 5.32 Å². The van der Waals surface area contributed by atoms with Gasteiger partial charge in [-0.2, -0.15) is 0 Å². The molecule has 0 unspecified atom stereocenters. The Hall–Kier alpha value is -2.21. The van der Waals surface area contributed by atoms with Crippen LogP contribution in [0.4, 0.5) is 5.69 Å². The molecule has 0 atom stereocenters. The molecule has 1 aromatic heterocycles. The number of aryl methyl sites for hydroxylation is 1. The fraction of sp³-hybridized carbons (Fsp3) is 0.500. The van der Waals surface area contributed by atoms with E-state index < -0.39 is 0 Å². The van der Waals surface area contributed by atoms with Crippen LogP contribution in [0.2, 0.25) is 0 Å². The van der Waals surface area contributed by atoms with E-state index in [0.717, 1.165) is 56.0 Å². The van der Waals surface area contributed by atoms with Crippen molar-refractivity contribution in [1.29, 1.82) is 0 Å². The molecule has 6 heteroatoms. The smallest absolute Gasteiger partial charge is 0.227 e. The lowest BCUT2D eigenvalue weighted by Crippen LogP contribution is -2.28. The molecule has 1 fully saturated rings. The molecule has 1 saturated heterocycles. The summed E-state index contributed by atoms with van der Waals surface area (Å²) in [5.74, 6) is 2.30. The highest BCUT2D eigenvalue weighted by Crippen LogP contribution is 2.20. The predicted molar refractivity (Wildman–Crippen MR) is 89.8 cm³/mol. The van der Waals surface area contributed by atoms with Crippen molar-refractivity contribution in [2.75, 3.05) is 18.5 Å². The Bertz CT molecular complexity index is 717. The van der Waals surface area contributed by atoms with Crippen molar-refractivity contribution in [2.45, 2.75) is 38.6 Å². The van der Waals surface area contributed by atoms with E-state index in [1.54, 1.807) is 0 Å². The fourth-order valence-electron chi connectivity index (χ4n) is 3.43. The van der Waals surface area contributed by atoms with Crippen molar-refractivity contribution in [3.8, 4) is 0 Å². The minimum absolute atomic E-state index is 0.0667. The molecule has 0 saturated carbocycles. The van der Waals surface area contributed by atoms with E-state index in [1.807, 2.05) is 12.1 Å². The van der Waals surface area contributed by atoms with E-state index in [0.29, 0.717) is 13.2 Å². The summed E-state index contributed by atoms with van der Waals surface area (Å²) in [6.45, 7) is 2.39. The molecule has 6 nitrogen and oxygen atoms in total. The van der Waals surface area contributed by atoms with Crippen molar-refractivity contribution in [3.63, 3.8) is 0 Å². The number of aromatic nitrogens is 3. The summed E-state index contributed by atoms with van der Waals surface area (Å²) < 4.78 is 7.53. The SMILES string of the molecule is O=C(Nc1ccc(Cc2nnc3n2CCC3)cc1)C1CCOCC1. The van der Waals surface area contributed by atoms with E-state index in [9.17, 15) is 4.79 Å². The zero-order chi connectivity index (χ0) is 16.4. The first-order valence-electron chi connectivity index (χ1n) is 8.68. The highest BCUT2D eigenvalue weighted by molar-refractivity contribution is 5.92. The van der Waals surface area contributed by atoms with Crippen LogP contribution in [0.5, 0.6) is 0 Å². The third-order valence-corrected chi connectivity index (χ3v) is 4.86. The normalized spacial score (nSPS) is 17.7. The fourth-order valence-corrected chi connectivity index (χ4v) is 3.43. The maximum absolute atomic E-state index is 12.2. The van der Waals surface area contributed by atoms with Crippen molar-refractivity contribution in [3.05, 3.63) is 41.5 Å². The molecule has 0 radical (unpaired) electrons. The van der Waals surface area contributed by atoms with Gasteiger partial charge in [-0.3, -0.25) is 4.79 Å². The van der Waals surface area contributed by atoms with Gasteiger partial charge in [0.25, 0.3) is 0 Å². The van der Waals surface area contributed by atoms with E-state index in [1.165, 1.54) is 5.56 Å². The number of rotatable bonds is 4. The molecule has 2 aliphatic rings. The largest absolute Gasteiger partial charge is 0.381 e. The number of benzene rings is 1. The Morgan fingerprint density at radius 1 is 1.21 bits per heavy atom. The maximum Gasteiger partial charge on any atom is 0.227 e. The number of ether oxygens (including phenoxy) is 1. The van der Waals surface area contributed by atoms with Crippen LogP contribution in [0.25, 0.3) is 0 Å². The van der Waals surface area contributed by atoms with Crippen LogP contribution >= 0.6 is 0 Å². The first-order chi connectivity index (χ1) is 11.8. The van der Waals surface area contributed by atoms with E-state index in [4.69, 9.17) is 4.74 Å². The monoisotopic (exact) mass is 326 g/mol. The van der Waals surface area contributed by atoms with Gasteiger partial charge >= 0.3 is 0 Å². The second kappa shape index (κ2) is 6.73. The number of anilines is 1. The van der Waals surface area contributed by atoms with Gasteiger partial charge in [0.15, 0.2) is 0 Å². The minimum Gasteiger partial charge on any atom is -0.381 e. The molecular weight excluding hydrogens is 304 g/mol. The first kappa shape index (κ1) is 15.3.